The smallest absolute Gasteiger partial charge is 0.324 e. The molecule has 446 valence electrons. The first-order valence-electron chi connectivity index (χ1n) is 29.1. The first-order valence-corrected chi connectivity index (χ1v) is 31.0. The maximum Gasteiger partial charge on any atom is 0.324 e. The van der Waals surface area contributed by atoms with Gasteiger partial charge in [-0.2, -0.15) is 0 Å². The zero-order valence-electron chi connectivity index (χ0n) is 49.3. The number of methoxy groups -OCH3 is 1. The van der Waals surface area contributed by atoms with Crippen LogP contribution >= 0.6 is 0 Å². The molecule has 6 bridgehead atoms. The number of hydrogen-bond acceptors (Lipinski definition) is 16. The summed E-state index contributed by atoms with van der Waals surface area (Å²) < 4.78 is 44.7. The molecule has 3 fully saturated rings. The number of hydrazine groups is 1. The van der Waals surface area contributed by atoms with Crippen LogP contribution in [0.15, 0.2) is 85.3 Å². The Hall–Kier alpha value is -7.30. The summed E-state index contributed by atoms with van der Waals surface area (Å²) in [7, 11) is 0.211. The SMILES string of the molecule is CCn1c(-c2cc(-c3ncc(CN4CCS(=O)(=O)CC4)cn3)cnc2C(C)OC)c2c3cc(ccc31)-c1cc(O)cc(c1)CC(NC(=O)C(C(C)C)N(C)C(=O)C1OCCC1c1ccc(N)cc1)C(=O)N1CCCC(N1)C(=O)OCC(C)(C)C2. The van der Waals surface area contributed by atoms with Gasteiger partial charge in [-0.25, -0.2) is 23.8 Å². The molecule has 4 aliphatic heterocycles. The van der Waals surface area contributed by atoms with Crippen LogP contribution in [0.2, 0.25) is 0 Å². The standard InChI is InChI=1S/C63H78N10O10S/c1-9-72-53-17-14-42-29-48(53)50(56(72)49-30-44(34-65-54(49)38(4)81-8)58-66-32-40(33-67-58)35-71-20-23-84(79,80)24-21-71)31-63(5,6)36-83-62(78)51-11-10-19-73(69-51)60(76)52(27-39-25-43(42)28-46(74)26-39)68-59(75)55(37(2)3)70(7)61(77)57-47(18-22-82-57)41-12-15-45(64)16-13-41/h12-17,25-26,28-30,32-34,37-38,47,51-52,55,57,69,74H,9-11,18-24,27,31,35-36,64H2,1-8H3,(H,68,75). The van der Waals surface area contributed by atoms with Crippen molar-refractivity contribution in [1.82, 2.24) is 45.1 Å². The Morgan fingerprint density at radius 2 is 1.68 bits per heavy atom. The van der Waals surface area contributed by atoms with Gasteiger partial charge in [-0.3, -0.25) is 34.1 Å². The van der Waals surface area contributed by atoms with Gasteiger partial charge in [0.05, 0.1) is 35.6 Å². The number of aryl methyl sites for hydroxylation is 1. The summed E-state index contributed by atoms with van der Waals surface area (Å²) in [6.45, 7) is 14.5. The quantitative estimate of drug-likeness (QED) is 0.0687. The van der Waals surface area contributed by atoms with Crippen LogP contribution in [0, 0.1) is 11.3 Å². The predicted octanol–water partition coefficient (Wildman–Crippen LogP) is 6.78. The molecule has 0 aliphatic carbocycles. The monoisotopic (exact) mass is 1170 g/mol. The van der Waals surface area contributed by atoms with Crippen LogP contribution in [-0.4, -0.2) is 154 Å². The number of pyridine rings is 1. The number of esters is 1. The van der Waals surface area contributed by atoms with Gasteiger partial charge in [0.25, 0.3) is 11.8 Å². The van der Waals surface area contributed by atoms with E-state index in [0.717, 1.165) is 44.4 Å². The average Bonchev–Trinajstić information content (AvgIpc) is 2.03. The second-order valence-electron chi connectivity index (χ2n) is 24.1. The molecule has 6 atom stereocenters. The third-order valence-electron chi connectivity index (χ3n) is 16.9. The van der Waals surface area contributed by atoms with E-state index < -0.39 is 63.4 Å². The van der Waals surface area contributed by atoms with Crippen molar-refractivity contribution in [3.05, 3.63) is 113 Å². The fraction of sp³-hybridized carbons (Fsp3) is 0.476. The number of phenols is 1. The predicted molar refractivity (Wildman–Crippen MR) is 320 cm³/mol. The summed E-state index contributed by atoms with van der Waals surface area (Å²) >= 11 is 0. The van der Waals surface area contributed by atoms with E-state index in [2.05, 4.69) is 59.2 Å². The van der Waals surface area contributed by atoms with Gasteiger partial charge in [0, 0.05) is 123 Å². The fourth-order valence-electron chi connectivity index (χ4n) is 12.4. The van der Waals surface area contributed by atoms with Gasteiger partial charge >= 0.3 is 5.97 Å². The molecule has 3 amide bonds. The Bertz CT molecular complexity index is 3540. The molecule has 3 aromatic heterocycles. The Morgan fingerprint density at radius 1 is 0.940 bits per heavy atom. The van der Waals surface area contributed by atoms with Gasteiger partial charge in [-0.1, -0.05) is 52.0 Å². The van der Waals surface area contributed by atoms with Crippen LogP contribution in [0.4, 0.5) is 5.69 Å². The summed E-state index contributed by atoms with van der Waals surface area (Å²) in [6, 6.07) is 17.7. The zero-order valence-corrected chi connectivity index (χ0v) is 50.1. The van der Waals surface area contributed by atoms with Crippen molar-refractivity contribution >= 4 is 50.1 Å². The van der Waals surface area contributed by atoms with E-state index in [9.17, 15) is 32.7 Å². The molecule has 0 spiro atoms. The lowest BCUT2D eigenvalue weighted by Crippen LogP contribution is -2.62. The molecule has 21 heteroatoms. The molecule has 84 heavy (non-hydrogen) atoms. The number of phenolic OH excluding ortho intramolecular Hbond substituents is 1. The van der Waals surface area contributed by atoms with Gasteiger partial charge < -0.3 is 39.8 Å². The molecule has 3 aromatic carbocycles. The Labute approximate surface area is 491 Å². The largest absolute Gasteiger partial charge is 0.508 e. The number of nitrogens with one attached hydrogen (secondary N) is 2. The van der Waals surface area contributed by atoms with Crippen molar-refractivity contribution in [2.45, 2.75) is 123 Å². The topological polar surface area (TPSA) is 254 Å². The second-order valence-corrected chi connectivity index (χ2v) is 26.4. The summed E-state index contributed by atoms with van der Waals surface area (Å²) in [6.07, 6.45) is 5.91. The van der Waals surface area contributed by atoms with Crippen LogP contribution < -0.4 is 16.5 Å². The number of rotatable bonds is 13. The van der Waals surface area contributed by atoms with Gasteiger partial charge in [0.1, 0.15) is 30.0 Å². The van der Waals surface area contributed by atoms with Gasteiger partial charge in [0.2, 0.25) is 5.91 Å². The van der Waals surface area contributed by atoms with Crippen LogP contribution in [0.5, 0.6) is 5.75 Å². The lowest BCUT2D eigenvalue weighted by molar-refractivity contribution is -0.155. The van der Waals surface area contributed by atoms with Crippen molar-refractivity contribution < 1.29 is 46.9 Å². The molecule has 6 unspecified atom stereocenters. The minimum atomic E-state index is -3.02. The number of hydrogen-bond donors (Lipinski definition) is 4. The van der Waals surface area contributed by atoms with Crippen molar-refractivity contribution in [1.29, 1.82) is 0 Å². The van der Waals surface area contributed by atoms with E-state index in [-0.39, 0.29) is 54.6 Å². The first-order chi connectivity index (χ1) is 40.1. The Kier molecular flexibility index (Phi) is 17.6. The van der Waals surface area contributed by atoms with E-state index in [1.54, 1.807) is 57.0 Å². The molecular formula is C63H78N10O10S. The number of carbonyl (C=O) groups is 4. The number of aromatic nitrogens is 4. The highest BCUT2D eigenvalue weighted by atomic mass is 32.2. The molecule has 4 aliphatic rings. The minimum absolute atomic E-state index is 0.0347. The molecule has 7 heterocycles. The maximum atomic E-state index is 15.0. The summed E-state index contributed by atoms with van der Waals surface area (Å²) in [5, 5.41) is 16.9. The summed E-state index contributed by atoms with van der Waals surface area (Å²) in [4.78, 5) is 76.7. The number of fused-ring (bicyclic) bond motifs is 6. The third-order valence-corrected chi connectivity index (χ3v) is 18.5. The molecule has 0 saturated carbocycles. The second kappa shape index (κ2) is 24.7. The van der Waals surface area contributed by atoms with E-state index >= 15 is 0 Å². The summed E-state index contributed by atoms with van der Waals surface area (Å²) in [5.74, 6) is -1.89. The molecule has 20 nitrogen and oxygen atoms in total. The van der Waals surface area contributed by atoms with Crippen LogP contribution in [-0.2, 0) is 69.2 Å². The number of carbonyl (C=O) groups excluding carboxylic acids is 4. The number of aromatic hydroxyl groups is 1. The molecular weight excluding hydrogens is 1090 g/mol. The number of cyclic esters (lactones) is 1. The van der Waals surface area contributed by atoms with E-state index in [1.807, 2.05) is 45.0 Å². The van der Waals surface area contributed by atoms with Crippen molar-refractivity contribution in [3.8, 4) is 39.5 Å². The molecule has 3 saturated heterocycles. The maximum absolute atomic E-state index is 15.0. The molecule has 0 radical (unpaired) electrons. The van der Waals surface area contributed by atoms with Crippen LogP contribution in [0.3, 0.4) is 0 Å². The molecule has 5 N–H and O–H groups in total. The minimum Gasteiger partial charge on any atom is -0.508 e. The number of benzene rings is 3. The normalized spacial score (nSPS) is 21.8. The number of amides is 3. The van der Waals surface area contributed by atoms with E-state index in [4.69, 9.17) is 34.9 Å². The van der Waals surface area contributed by atoms with Crippen molar-refractivity contribution in [2.24, 2.45) is 11.3 Å². The van der Waals surface area contributed by atoms with Crippen LogP contribution in [0.25, 0.3) is 44.7 Å². The van der Waals surface area contributed by atoms with Gasteiger partial charge in [0.15, 0.2) is 15.7 Å². The van der Waals surface area contributed by atoms with Gasteiger partial charge in [-0.05, 0) is 116 Å². The lowest BCUT2D eigenvalue weighted by atomic mass is 9.84. The van der Waals surface area contributed by atoms with Crippen molar-refractivity contribution in [2.75, 3.05) is 64.2 Å². The molecule has 6 aromatic rings. The first kappa shape index (κ1) is 59.8. The van der Waals surface area contributed by atoms with Gasteiger partial charge in [-0.15, -0.1) is 0 Å². The zero-order chi connectivity index (χ0) is 59.8. The number of likely N-dealkylation sites (N-methyl/N-ethyl adjacent to an activating group) is 1. The third kappa shape index (κ3) is 12.8. The number of nitrogens with two attached hydrogens (primary N) is 1. The van der Waals surface area contributed by atoms with Crippen molar-refractivity contribution in [3.63, 3.8) is 0 Å². The Balaban J connectivity index is 1.03. The van der Waals surface area contributed by atoms with Crippen LogP contribution in [0.1, 0.15) is 101 Å². The number of nitrogen functional groups attached to an aromatic ring is 1. The molecule has 10 rings (SSSR count). The fourth-order valence-corrected chi connectivity index (χ4v) is 13.7. The van der Waals surface area contributed by atoms with E-state index in [0.29, 0.717) is 92.4 Å². The van der Waals surface area contributed by atoms with E-state index in [1.165, 1.54) is 9.91 Å². The highest BCUT2D eigenvalue weighted by Crippen LogP contribution is 2.43. The number of nitrogens with zero attached hydrogens (tertiary/aromatic N) is 7. The average molecular weight is 1170 g/mol. The highest BCUT2D eigenvalue weighted by molar-refractivity contribution is 7.91. The highest BCUT2D eigenvalue weighted by Gasteiger charge is 2.43. The lowest BCUT2D eigenvalue weighted by Gasteiger charge is -2.37. The number of sulfone groups is 1. The summed E-state index contributed by atoms with van der Waals surface area (Å²) in [5.41, 5.74) is 17.8. The Morgan fingerprint density at radius 3 is 2.38 bits per heavy atom. The number of anilines is 1. The number of ether oxygens (including phenoxy) is 3.